The predicted molar refractivity (Wildman–Crippen MR) is 62.4 cm³/mol. The zero-order chi connectivity index (χ0) is 12.8. The number of nitrogens with one attached hydrogen (secondary N) is 1. The average molecular weight is 243 g/mol. The van der Waals surface area contributed by atoms with Crippen molar-refractivity contribution in [3.8, 4) is 6.07 Å². The number of nitrogens with two attached hydrogens (primary N) is 3. The second kappa shape index (κ2) is 5.92. The third-order valence-corrected chi connectivity index (χ3v) is 1.48. The zero-order valence-corrected chi connectivity index (χ0v) is 9.45. The van der Waals surface area contributed by atoms with Gasteiger partial charge < -0.3 is 11.1 Å². The number of nitriles is 1. The first-order valence-corrected chi connectivity index (χ1v) is 5.67. The number of benzene rings is 1. The first-order chi connectivity index (χ1) is 7.29. The van der Waals surface area contributed by atoms with Crippen molar-refractivity contribution in [2.24, 2.45) is 10.3 Å². The maximum Gasteiger partial charge on any atom is 0.271 e. The summed E-state index contributed by atoms with van der Waals surface area (Å²) in [4.78, 5) is 0. The molecular formula is C8H13N5O2S. The van der Waals surface area contributed by atoms with Crippen LogP contribution < -0.4 is 21.3 Å². The van der Waals surface area contributed by atoms with Crippen LogP contribution in [0.2, 0.25) is 0 Å². The fraction of sp³-hybridized carbons (Fsp3) is 0.125. The van der Waals surface area contributed by atoms with Gasteiger partial charge in [-0.3, -0.25) is 0 Å². The highest BCUT2D eigenvalue weighted by Gasteiger charge is 2.01. The molecular weight excluding hydrogens is 230 g/mol. The van der Waals surface area contributed by atoms with Gasteiger partial charge in [0.2, 0.25) is 0 Å². The van der Waals surface area contributed by atoms with Crippen LogP contribution in [0.25, 0.3) is 0 Å². The molecule has 0 aliphatic carbocycles. The Morgan fingerprint density at radius 2 is 1.88 bits per heavy atom. The lowest BCUT2D eigenvalue weighted by Crippen LogP contribution is -2.21. The van der Waals surface area contributed by atoms with Gasteiger partial charge in [0.15, 0.2) is 0 Å². The van der Waals surface area contributed by atoms with E-state index < -0.39 is 10.2 Å². The van der Waals surface area contributed by atoms with Gasteiger partial charge in [-0.1, -0.05) is 6.07 Å². The van der Waals surface area contributed by atoms with Crippen LogP contribution in [0.4, 0.5) is 11.4 Å². The van der Waals surface area contributed by atoms with Crippen LogP contribution in [0.1, 0.15) is 5.56 Å². The number of nitrogens with zero attached hydrogens (tertiary/aromatic N) is 1. The largest absolute Gasteiger partial charge is 0.398 e. The SMILES string of the molecule is CNc1cccc(N)c1C#N.NS(N)(=O)=O. The Balaban J connectivity index is 0.000000385. The molecule has 0 saturated carbocycles. The Hall–Kier alpha value is -1.82. The maximum atomic E-state index is 9.19. The third kappa shape index (κ3) is 5.82. The summed E-state index contributed by atoms with van der Waals surface area (Å²) in [5.41, 5.74) is 7.34. The summed E-state index contributed by atoms with van der Waals surface area (Å²) in [6.07, 6.45) is 0. The van der Waals surface area contributed by atoms with Crippen molar-refractivity contribution in [3.05, 3.63) is 23.8 Å². The van der Waals surface area contributed by atoms with Crippen LogP contribution in [0, 0.1) is 11.3 Å². The molecule has 7 N–H and O–H groups in total. The highest BCUT2D eigenvalue weighted by atomic mass is 32.2. The predicted octanol–water partition coefficient (Wildman–Crippen LogP) is -0.669. The van der Waals surface area contributed by atoms with E-state index in [2.05, 4.69) is 15.6 Å². The van der Waals surface area contributed by atoms with Crippen molar-refractivity contribution >= 4 is 21.6 Å². The normalized spacial score (nSPS) is 9.62. The van der Waals surface area contributed by atoms with Crippen LogP contribution >= 0.6 is 0 Å². The summed E-state index contributed by atoms with van der Waals surface area (Å²) in [7, 11) is -1.91. The standard InChI is InChI=1S/C8H9N3.H4N2O2S/c1-11-8-4-2-3-7(10)6(8)5-9;1-5(2,3)4/h2-4,11H,10H2,1H3;(H4,1,2,3,4). The van der Waals surface area contributed by atoms with E-state index in [0.717, 1.165) is 5.69 Å². The van der Waals surface area contributed by atoms with Crippen molar-refractivity contribution in [2.45, 2.75) is 0 Å². The lowest BCUT2D eigenvalue weighted by Gasteiger charge is -2.03. The molecule has 0 aromatic heterocycles. The fourth-order valence-corrected chi connectivity index (χ4v) is 0.903. The van der Waals surface area contributed by atoms with Gasteiger partial charge in [0.25, 0.3) is 10.2 Å². The molecule has 1 aromatic rings. The van der Waals surface area contributed by atoms with Crippen LogP contribution in [-0.4, -0.2) is 15.5 Å². The van der Waals surface area contributed by atoms with Crippen LogP contribution in [0.3, 0.4) is 0 Å². The Morgan fingerprint density at radius 3 is 2.19 bits per heavy atom. The first-order valence-electron chi connectivity index (χ1n) is 4.06. The summed E-state index contributed by atoms with van der Waals surface area (Å²) < 4.78 is 18.4. The molecule has 16 heavy (non-hydrogen) atoms. The first kappa shape index (κ1) is 14.2. The molecule has 0 radical (unpaired) electrons. The van der Waals surface area contributed by atoms with E-state index >= 15 is 0 Å². The smallest absolute Gasteiger partial charge is 0.271 e. The minimum absolute atomic E-state index is 0.509. The molecule has 0 spiro atoms. The van der Waals surface area contributed by atoms with Gasteiger partial charge in [-0.25, -0.2) is 10.3 Å². The number of hydrogen-bond donors (Lipinski definition) is 4. The molecule has 0 fully saturated rings. The second-order valence-corrected chi connectivity index (χ2v) is 3.90. The highest BCUT2D eigenvalue weighted by molar-refractivity contribution is 7.86. The summed E-state index contributed by atoms with van der Waals surface area (Å²) in [5, 5.41) is 19.8. The lowest BCUT2D eigenvalue weighted by molar-refractivity contribution is 0.599. The summed E-state index contributed by atoms with van der Waals surface area (Å²) >= 11 is 0. The van der Waals surface area contributed by atoms with Crippen molar-refractivity contribution in [2.75, 3.05) is 18.1 Å². The van der Waals surface area contributed by atoms with Crippen LogP contribution in [0.5, 0.6) is 0 Å². The van der Waals surface area contributed by atoms with E-state index in [1.807, 2.05) is 18.2 Å². The third-order valence-electron chi connectivity index (χ3n) is 1.48. The molecule has 0 saturated heterocycles. The molecule has 88 valence electrons. The summed E-state index contributed by atoms with van der Waals surface area (Å²) in [6.45, 7) is 0. The summed E-state index contributed by atoms with van der Waals surface area (Å²) in [5.74, 6) is 0. The van der Waals surface area contributed by atoms with E-state index in [0.29, 0.717) is 11.3 Å². The van der Waals surface area contributed by atoms with E-state index in [4.69, 9.17) is 11.0 Å². The van der Waals surface area contributed by atoms with E-state index in [1.54, 1.807) is 13.1 Å². The molecule has 0 heterocycles. The van der Waals surface area contributed by atoms with Gasteiger partial charge in [0, 0.05) is 7.05 Å². The second-order valence-electron chi connectivity index (χ2n) is 2.72. The van der Waals surface area contributed by atoms with Crippen LogP contribution in [0.15, 0.2) is 18.2 Å². The molecule has 8 heteroatoms. The average Bonchev–Trinajstić information content (AvgIpc) is 2.14. The van der Waals surface area contributed by atoms with Gasteiger partial charge in [-0.2, -0.15) is 13.7 Å². The van der Waals surface area contributed by atoms with Gasteiger partial charge in [0.1, 0.15) is 6.07 Å². The Labute approximate surface area is 94.0 Å². The Kier molecular flexibility index (Phi) is 5.24. The molecule has 0 aliphatic heterocycles. The Morgan fingerprint density at radius 1 is 1.38 bits per heavy atom. The van der Waals surface area contributed by atoms with Crippen molar-refractivity contribution in [3.63, 3.8) is 0 Å². The maximum absolute atomic E-state index is 9.19. The van der Waals surface area contributed by atoms with Gasteiger partial charge >= 0.3 is 0 Å². The van der Waals surface area contributed by atoms with E-state index in [1.165, 1.54) is 0 Å². The van der Waals surface area contributed by atoms with Gasteiger partial charge in [-0.05, 0) is 12.1 Å². The molecule has 1 aromatic carbocycles. The summed E-state index contributed by atoms with van der Waals surface area (Å²) in [6, 6.07) is 7.36. The molecule has 0 unspecified atom stereocenters. The van der Waals surface area contributed by atoms with Crippen molar-refractivity contribution in [1.82, 2.24) is 0 Å². The van der Waals surface area contributed by atoms with Gasteiger partial charge in [0.05, 0.1) is 16.9 Å². The lowest BCUT2D eigenvalue weighted by atomic mass is 10.1. The Bertz CT molecular complexity index is 484. The van der Waals surface area contributed by atoms with Crippen LogP contribution in [-0.2, 0) is 10.2 Å². The fourth-order valence-electron chi connectivity index (χ4n) is 0.903. The highest BCUT2D eigenvalue weighted by Crippen LogP contribution is 2.19. The van der Waals surface area contributed by atoms with E-state index in [9.17, 15) is 8.42 Å². The minimum Gasteiger partial charge on any atom is -0.398 e. The van der Waals surface area contributed by atoms with Crippen molar-refractivity contribution in [1.29, 1.82) is 5.26 Å². The molecule has 1 rings (SSSR count). The number of nitrogen functional groups attached to an aromatic ring is 1. The monoisotopic (exact) mass is 243 g/mol. The molecule has 7 nitrogen and oxygen atoms in total. The van der Waals surface area contributed by atoms with E-state index in [-0.39, 0.29) is 0 Å². The van der Waals surface area contributed by atoms with Gasteiger partial charge in [-0.15, -0.1) is 0 Å². The number of hydrogen-bond acceptors (Lipinski definition) is 5. The van der Waals surface area contributed by atoms with Crippen molar-refractivity contribution < 1.29 is 8.42 Å². The minimum atomic E-state index is -3.67. The topological polar surface area (TPSA) is 148 Å². The zero-order valence-electron chi connectivity index (χ0n) is 8.64. The number of rotatable bonds is 1. The molecule has 0 atom stereocenters. The molecule has 0 aliphatic rings. The number of anilines is 2. The molecule has 0 amide bonds. The quantitative estimate of drug-likeness (QED) is 0.483. The molecule has 0 bridgehead atoms.